The summed E-state index contributed by atoms with van der Waals surface area (Å²) in [6.07, 6.45) is 2.05. The van der Waals surface area contributed by atoms with Gasteiger partial charge in [0.15, 0.2) is 0 Å². The molecule has 2 heterocycles. The summed E-state index contributed by atoms with van der Waals surface area (Å²) >= 11 is 6.27. The summed E-state index contributed by atoms with van der Waals surface area (Å²) in [5, 5.41) is 6.16. The van der Waals surface area contributed by atoms with Crippen LogP contribution in [0.5, 0.6) is 0 Å². The Morgan fingerprint density at radius 2 is 2.11 bits per heavy atom. The number of hydrogen-bond donors (Lipinski definition) is 1. The number of fused-ring (bicyclic) bond motifs is 1. The Hall–Kier alpha value is -1.94. The smallest absolute Gasteiger partial charge is 0.131 e. The van der Waals surface area contributed by atoms with Gasteiger partial charge in [-0.1, -0.05) is 11.6 Å². The van der Waals surface area contributed by atoms with Crippen molar-refractivity contribution in [3.63, 3.8) is 0 Å². The van der Waals surface area contributed by atoms with Crippen molar-refractivity contribution >= 4 is 28.2 Å². The molecule has 0 aliphatic heterocycles. The van der Waals surface area contributed by atoms with Crippen LogP contribution in [-0.2, 0) is 13.6 Å². The van der Waals surface area contributed by atoms with Crippen molar-refractivity contribution < 1.29 is 0 Å². The second-order valence-corrected chi connectivity index (χ2v) is 5.10. The van der Waals surface area contributed by atoms with Gasteiger partial charge in [-0.2, -0.15) is 5.10 Å². The molecule has 0 atom stereocenters. The van der Waals surface area contributed by atoms with Gasteiger partial charge in [0.2, 0.25) is 0 Å². The molecule has 0 fully saturated rings. The van der Waals surface area contributed by atoms with Gasteiger partial charge in [0.25, 0.3) is 0 Å². The Bertz CT molecular complexity index is 754. The van der Waals surface area contributed by atoms with Crippen molar-refractivity contribution in [2.45, 2.75) is 13.5 Å². The first kappa shape index (κ1) is 12.1. The van der Waals surface area contributed by atoms with E-state index < -0.39 is 0 Å². The average molecular weight is 275 g/mol. The van der Waals surface area contributed by atoms with E-state index in [0.717, 1.165) is 27.8 Å². The maximum absolute atomic E-state index is 6.27. The zero-order valence-electron chi connectivity index (χ0n) is 10.9. The fraction of sp³-hybridized carbons (Fsp3) is 0.214. The standard InChI is InChI=1S/C14H15ClN4/c1-9-12(14(15)18(2)17-9)8-19-6-5-10-7-11(16)3-4-13(10)19/h3-7H,8,16H2,1-2H3. The summed E-state index contributed by atoms with van der Waals surface area (Å²) in [5.41, 5.74) is 9.74. The summed E-state index contributed by atoms with van der Waals surface area (Å²) in [4.78, 5) is 0. The molecule has 0 saturated carbocycles. The summed E-state index contributed by atoms with van der Waals surface area (Å²) in [7, 11) is 1.85. The van der Waals surface area contributed by atoms with Gasteiger partial charge < -0.3 is 10.3 Å². The van der Waals surface area contributed by atoms with Crippen molar-refractivity contribution in [3.05, 3.63) is 46.9 Å². The van der Waals surface area contributed by atoms with Crippen LogP contribution in [0.15, 0.2) is 30.5 Å². The van der Waals surface area contributed by atoms with Crippen LogP contribution in [0.1, 0.15) is 11.3 Å². The molecule has 0 spiro atoms. The van der Waals surface area contributed by atoms with E-state index >= 15 is 0 Å². The first-order chi connectivity index (χ1) is 9.06. The molecule has 3 rings (SSSR count). The van der Waals surface area contributed by atoms with Crippen LogP contribution >= 0.6 is 11.6 Å². The molecule has 0 aliphatic carbocycles. The second kappa shape index (κ2) is 4.31. The van der Waals surface area contributed by atoms with E-state index in [9.17, 15) is 0 Å². The lowest BCUT2D eigenvalue weighted by molar-refractivity contribution is 0.757. The van der Waals surface area contributed by atoms with Gasteiger partial charge in [0.05, 0.1) is 12.2 Å². The van der Waals surface area contributed by atoms with Crippen LogP contribution in [0.25, 0.3) is 10.9 Å². The van der Waals surface area contributed by atoms with E-state index in [2.05, 4.69) is 15.7 Å². The number of benzene rings is 1. The zero-order chi connectivity index (χ0) is 13.6. The van der Waals surface area contributed by atoms with E-state index in [-0.39, 0.29) is 0 Å². The second-order valence-electron chi connectivity index (χ2n) is 4.74. The fourth-order valence-corrected chi connectivity index (χ4v) is 2.61. The van der Waals surface area contributed by atoms with Crippen LogP contribution in [0.4, 0.5) is 5.69 Å². The average Bonchev–Trinajstić information content (AvgIpc) is 2.86. The highest BCUT2D eigenvalue weighted by Gasteiger charge is 2.12. The first-order valence-electron chi connectivity index (χ1n) is 6.08. The Labute approximate surface area is 116 Å². The van der Waals surface area contributed by atoms with Gasteiger partial charge in [0, 0.05) is 35.4 Å². The lowest BCUT2D eigenvalue weighted by Gasteiger charge is -2.06. The van der Waals surface area contributed by atoms with Crippen molar-refractivity contribution in [2.24, 2.45) is 7.05 Å². The number of halogens is 1. The van der Waals surface area contributed by atoms with Crippen LogP contribution in [0.3, 0.4) is 0 Å². The minimum Gasteiger partial charge on any atom is -0.399 e. The van der Waals surface area contributed by atoms with Crippen molar-refractivity contribution in [3.8, 4) is 0 Å². The number of nitrogens with two attached hydrogens (primary N) is 1. The molecule has 0 unspecified atom stereocenters. The predicted molar refractivity (Wildman–Crippen MR) is 78.4 cm³/mol. The number of nitrogen functional groups attached to an aromatic ring is 1. The van der Waals surface area contributed by atoms with E-state index in [1.165, 1.54) is 0 Å². The van der Waals surface area contributed by atoms with E-state index in [0.29, 0.717) is 11.7 Å². The molecule has 4 nitrogen and oxygen atoms in total. The molecule has 3 aromatic rings. The fourth-order valence-electron chi connectivity index (χ4n) is 2.38. The van der Waals surface area contributed by atoms with Crippen molar-refractivity contribution in [2.75, 3.05) is 5.73 Å². The zero-order valence-corrected chi connectivity index (χ0v) is 11.6. The van der Waals surface area contributed by atoms with Crippen LogP contribution < -0.4 is 5.73 Å². The van der Waals surface area contributed by atoms with Gasteiger partial charge in [-0.05, 0) is 31.2 Å². The van der Waals surface area contributed by atoms with Gasteiger partial charge >= 0.3 is 0 Å². The van der Waals surface area contributed by atoms with Gasteiger partial charge in [0.1, 0.15) is 5.15 Å². The molecule has 0 saturated heterocycles. The minimum absolute atomic E-state index is 0.690. The van der Waals surface area contributed by atoms with Gasteiger partial charge in [-0.3, -0.25) is 4.68 Å². The van der Waals surface area contributed by atoms with Crippen molar-refractivity contribution in [1.29, 1.82) is 0 Å². The topological polar surface area (TPSA) is 48.8 Å². The Balaban J connectivity index is 2.06. The molecule has 0 bridgehead atoms. The predicted octanol–water partition coefficient (Wildman–Crippen LogP) is 2.97. The number of aromatic nitrogens is 3. The highest BCUT2D eigenvalue weighted by molar-refractivity contribution is 6.30. The highest BCUT2D eigenvalue weighted by atomic mass is 35.5. The molecule has 98 valence electrons. The number of aryl methyl sites for hydroxylation is 2. The normalized spacial score (nSPS) is 11.3. The summed E-state index contributed by atoms with van der Waals surface area (Å²) in [6.45, 7) is 2.69. The maximum atomic E-state index is 6.27. The molecule has 0 radical (unpaired) electrons. The number of rotatable bonds is 2. The van der Waals surface area contributed by atoms with E-state index in [1.54, 1.807) is 4.68 Å². The summed E-state index contributed by atoms with van der Waals surface area (Å²) in [6, 6.07) is 7.98. The molecule has 2 N–H and O–H groups in total. The SMILES string of the molecule is Cc1nn(C)c(Cl)c1Cn1ccc2cc(N)ccc21. The molecular formula is C14H15ClN4. The first-order valence-corrected chi connectivity index (χ1v) is 6.46. The number of anilines is 1. The monoisotopic (exact) mass is 274 g/mol. The molecule has 0 amide bonds. The molecular weight excluding hydrogens is 260 g/mol. The lowest BCUT2D eigenvalue weighted by atomic mass is 10.2. The highest BCUT2D eigenvalue weighted by Crippen LogP contribution is 2.24. The Morgan fingerprint density at radius 3 is 2.79 bits per heavy atom. The largest absolute Gasteiger partial charge is 0.399 e. The molecule has 0 aliphatic rings. The summed E-state index contributed by atoms with van der Waals surface area (Å²) < 4.78 is 3.86. The van der Waals surface area contributed by atoms with E-state index in [4.69, 9.17) is 17.3 Å². The third-order valence-corrected chi connectivity index (χ3v) is 3.87. The Kier molecular flexibility index (Phi) is 2.75. The van der Waals surface area contributed by atoms with Crippen molar-refractivity contribution in [1.82, 2.24) is 14.3 Å². The van der Waals surface area contributed by atoms with E-state index in [1.807, 2.05) is 38.4 Å². The minimum atomic E-state index is 0.690. The number of nitrogens with zero attached hydrogens (tertiary/aromatic N) is 3. The van der Waals surface area contributed by atoms with Crippen LogP contribution in [0, 0.1) is 6.92 Å². The van der Waals surface area contributed by atoms with Gasteiger partial charge in [-0.15, -0.1) is 0 Å². The molecule has 5 heteroatoms. The van der Waals surface area contributed by atoms with Crippen LogP contribution in [0.2, 0.25) is 5.15 Å². The summed E-state index contributed by atoms with van der Waals surface area (Å²) in [5.74, 6) is 0. The van der Waals surface area contributed by atoms with Gasteiger partial charge in [-0.25, -0.2) is 0 Å². The third kappa shape index (κ3) is 1.98. The van der Waals surface area contributed by atoms with Crippen LogP contribution in [-0.4, -0.2) is 14.3 Å². The molecule has 2 aromatic heterocycles. The number of hydrogen-bond acceptors (Lipinski definition) is 2. The maximum Gasteiger partial charge on any atom is 0.131 e. The Morgan fingerprint density at radius 1 is 1.32 bits per heavy atom. The lowest BCUT2D eigenvalue weighted by Crippen LogP contribution is -1.99. The third-order valence-electron chi connectivity index (χ3n) is 3.39. The molecule has 19 heavy (non-hydrogen) atoms. The quantitative estimate of drug-likeness (QED) is 0.731. The molecule has 1 aromatic carbocycles.